The van der Waals surface area contributed by atoms with Crippen molar-refractivity contribution in [1.82, 2.24) is 5.32 Å². The first-order chi connectivity index (χ1) is 8.84. The second-order valence-corrected chi connectivity index (χ2v) is 4.57. The first-order valence-corrected chi connectivity index (χ1v) is 5.84. The third-order valence-corrected chi connectivity index (χ3v) is 2.66. The highest BCUT2D eigenvalue weighted by atomic mass is 16.5. The molecule has 0 bridgehead atoms. The van der Waals surface area contributed by atoms with Crippen molar-refractivity contribution in [1.29, 1.82) is 0 Å². The Morgan fingerprint density at radius 3 is 2.58 bits per heavy atom. The first kappa shape index (κ1) is 15.0. The molecule has 0 spiro atoms. The molecule has 0 heterocycles. The molecule has 6 nitrogen and oxygen atoms in total. The Labute approximate surface area is 111 Å². The van der Waals surface area contributed by atoms with E-state index in [4.69, 9.17) is 15.6 Å². The van der Waals surface area contributed by atoms with Gasteiger partial charge in [0.1, 0.15) is 17.9 Å². The van der Waals surface area contributed by atoms with Crippen LogP contribution in [0.1, 0.15) is 24.2 Å². The van der Waals surface area contributed by atoms with Gasteiger partial charge < -0.3 is 20.9 Å². The Hall–Kier alpha value is -2.08. The van der Waals surface area contributed by atoms with Crippen LogP contribution in [0.15, 0.2) is 24.3 Å². The summed E-state index contributed by atoms with van der Waals surface area (Å²) in [6, 6.07) is 6.38. The summed E-state index contributed by atoms with van der Waals surface area (Å²) in [6.07, 6.45) is 0. The number of rotatable bonds is 7. The molecule has 1 aromatic rings. The molecule has 1 amide bonds. The number of para-hydroxylation sites is 1. The quantitative estimate of drug-likeness (QED) is 0.628. The molecule has 0 unspecified atom stereocenters. The fraction of sp³-hybridized carbons (Fsp3) is 0.385. The average Bonchev–Trinajstić information content (AvgIpc) is 2.34. The zero-order valence-electron chi connectivity index (χ0n) is 11.0. The van der Waals surface area contributed by atoms with Crippen molar-refractivity contribution in [2.24, 2.45) is 5.73 Å². The Morgan fingerprint density at radius 1 is 1.37 bits per heavy atom. The predicted octanol–water partition coefficient (Wildman–Crippen LogP) is 0.617. The van der Waals surface area contributed by atoms with Crippen LogP contribution in [0, 0.1) is 0 Å². The number of nitrogens with one attached hydrogen (secondary N) is 1. The van der Waals surface area contributed by atoms with Crippen LogP contribution >= 0.6 is 0 Å². The van der Waals surface area contributed by atoms with Gasteiger partial charge in [-0.15, -0.1) is 0 Å². The van der Waals surface area contributed by atoms with Crippen LogP contribution < -0.4 is 15.8 Å². The van der Waals surface area contributed by atoms with Crippen molar-refractivity contribution in [2.75, 3.05) is 13.2 Å². The molecule has 0 radical (unpaired) electrons. The van der Waals surface area contributed by atoms with Crippen LogP contribution in [0.3, 0.4) is 0 Å². The van der Waals surface area contributed by atoms with E-state index in [1.54, 1.807) is 32.0 Å². The summed E-state index contributed by atoms with van der Waals surface area (Å²) in [5, 5.41) is 11.9. The fourth-order valence-corrected chi connectivity index (χ4v) is 1.38. The van der Waals surface area contributed by atoms with Crippen LogP contribution in [0.5, 0.6) is 5.75 Å². The summed E-state index contributed by atoms with van der Waals surface area (Å²) in [7, 11) is 0. The summed E-state index contributed by atoms with van der Waals surface area (Å²) in [5.74, 6) is -1.20. The van der Waals surface area contributed by atoms with E-state index in [-0.39, 0.29) is 12.2 Å². The van der Waals surface area contributed by atoms with E-state index < -0.39 is 17.4 Å². The number of carboxylic acids is 1. The molecular formula is C13H18N2O4. The fourth-order valence-electron chi connectivity index (χ4n) is 1.38. The summed E-state index contributed by atoms with van der Waals surface area (Å²) in [6.45, 7) is 3.95. The molecule has 0 aliphatic heterocycles. The Kier molecular flexibility index (Phi) is 4.88. The number of amides is 1. The largest absolute Gasteiger partial charge is 0.491 e. The molecule has 0 atom stereocenters. The predicted molar refractivity (Wildman–Crippen MR) is 70.2 cm³/mol. The minimum absolute atomic E-state index is 0.108. The summed E-state index contributed by atoms with van der Waals surface area (Å²) in [4.78, 5) is 22.0. The number of hydrogen-bond donors (Lipinski definition) is 3. The molecule has 0 aliphatic carbocycles. The minimum atomic E-state index is -1.04. The maximum absolute atomic E-state index is 11.1. The van der Waals surface area contributed by atoms with Gasteiger partial charge in [-0.05, 0) is 26.0 Å². The maximum atomic E-state index is 11.1. The van der Waals surface area contributed by atoms with E-state index in [0.717, 1.165) is 0 Å². The summed E-state index contributed by atoms with van der Waals surface area (Å²) >= 11 is 0. The van der Waals surface area contributed by atoms with Gasteiger partial charge in [0.05, 0.1) is 5.54 Å². The van der Waals surface area contributed by atoms with Gasteiger partial charge >= 0.3 is 5.97 Å². The van der Waals surface area contributed by atoms with Crippen LogP contribution in [0.4, 0.5) is 0 Å². The van der Waals surface area contributed by atoms with Crippen molar-refractivity contribution in [3.05, 3.63) is 29.8 Å². The summed E-state index contributed by atoms with van der Waals surface area (Å²) < 4.78 is 5.38. The Morgan fingerprint density at radius 2 is 2.00 bits per heavy atom. The van der Waals surface area contributed by atoms with Crippen molar-refractivity contribution in [3.8, 4) is 5.75 Å². The Balaban J connectivity index is 2.51. The minimum Gasteiger partial charge on any atom is -0.491 e. The van der Waals surface area contributed by atoms with Gasteiger partial charge in [-0.2, -0.15) is 0 Å². The zero-order valence-corrected chi connectivity index (χ0v) is 11.0. The van der Waals surface area contributed by atoms with Crippen LogP contribution in [-0.4, -0.2) is 35.7 Å². The molecule has 0 aromatic heterocycles. The number of primary amides is 1. The van der Waals surface area contributed by atoms with Crippen molar-refractivity contribution in [3.63, 3.8) is 0 Å². The van der Waals surface area contributed by atoms with E-state index in [9.17, 15) is 9.59 Å². The van der Waals surface area contributed by atoms with Gasteiger partial charge in [0.25, 0.3) is 0 Å². The van der Waals surface area contributed by atoms with Gasteiger partial charge in [0.2, 0.25) is 5.91 Å². The highest BCUT2D eigenvalue weighted by Crippen LogP contribution is 2.17. The summed E-state index contributed by atoms with van der Waals surface area (Å²) in [5.41, 5.74) is 4.49. The van der Waals surface area contributed by atoms with E-state index in [1.165, 1.54) is 6.07 Å². The number of aromatic carboxylic acids is 1. The highest BCUT2D eigenvalue weighted by Gasteiger charge is 2.23. The number of nitrogens with two attached hydrogens (primary N) is 1. The highest BCUT2D eigenvalue weighted by molar-refractivity contribution is 5.90. The Bertz CT molecular complexity index is 471. The molecule has 1 aromatic carbocycles. The lowest BCUT2D eigenvalue weighted by atomic mass is 10.1. The van der Waals surface area contributed by atoms with Gasteiger partial charge in [0, 0.05) is 6.54 Å². The number of hydrogen-bond acceptors (Lipinski definition) is 4. The van der Waals surface area contributed by atoms with Gasteiger partial charge in [0.15, 0.2) is 0 Å². The molecule has 19 heavy (non-hydrogen) atoms. The van der Waals surface area contributed by atoms with Gasteiger partial charge in [-0.25, -0.2) is 4.79 Å². The van der Waals surface area contributed by atoms with Gasteiger partial charge in [-0.3, -0.25) is 4.79 Å². The zero-order chi connectivity index (χ0) is 14.5. The average molecular weight is 266 g/mol. The molecule has 6 heteroatoms. The van der Waals surface area contributed by atoms with E-state index in [1.807, 2.05) is 0 Å². The molecule has 0 saturated heterocycles. The number of carbonyl (C=O) groups is 2. The smallest absolute Gasteiger partial charge is 0.339 e. The molecular weight excluding hydrogens is 248 g/mol. The lowest BCUT2D eigenvalue weighted by Crippen LogP contribution is -2.51. The number of ether oxygens (including phenoxy) is 1. The molecule has 0 aliphatic rings. The monoisotopic (exact) mass is 266 g/mol. The molecule has 0 fully saturated rings. The SMILES string of the molecule is CC(C)(NCCOc1ccccc1C(=O)O)C(N)=O. The number of carboxylic acid groups (broad SMARTS) is 1. The van der Waals surface area contributed by atoms with Crippen LogP contribution in [0.2, 0.25) is 0 Å². The van der Waals surface area contributed by atoms with E-state index in [2.05, 4.69) is 5.32 Å². The third kappa shape index (κ3) is 4.26. The molecule has 4 N–H and O–H groups in total. The third-order valence-electron chi connectivity index (χ3n) is 2.66. The van der Waals surface area contributed by atoms with Crippen molar-refractivity contribution >= 4 is 11.9 Å². The normalized spacial score (nSPS) is 11.1. The topological polar surface area (TPSA) is 102 Å². The van der Waals surface area contributed by atoms with E-state index >= 15 is 0 Å². The standard InChI is InChI=1S/C13H18N2O4/c1-13(2,12(14)18)15-7-8-19-10-6-4-3-5-9(10)11(16)17/h3-6,15H,7-8H2,1-2H3,(H2,14,18)(H,16,17). The second kappa shape index (κ2) is 6.19. The maximum Gasteiger partial charge on any atom is 0.339 e. The van der Waals surface area contributed by atoms with Crippen LogP contribution in [-0.2, 0) is 4.79 Å². The molecule has 1 rings (SSSR count). The number of benzene rings is 1. The lowest BCUT2D eigenvalue weighted by Gasteiger charge is -2.22. The van der Waals surface area contributed by atoms with Crippen LogP contribution in [0.25, 0.3) is 0 Å². The lowest BCUT2D eigenvalue weighted by molar-refractivity contribution is -0.123. The van der Waals surface area contributed by atoms with Gasteiger partial charge in [-0.1, -0.05) is 12.1 Å². The molecule has 0 saturated carbocycles. The first-order valence-electron chi connectivity index (χ1n) is 5.84. The second-order valence-electron chi connectivity index (χ2n) is 4.57. The molecule has 104 valence electrons. The number of carbonyl (C=O) groups excluding carboxylic acids is 1. The van der Waals surface area contributed by atoms with Crippen molar-refractivity contribution < 1.29 is 19.4 Å². The van der Waals surface area contributed by atoms with E-state index in [0.29, 0.717) is 12.3 Å². The van der Waals surface area contributed by atoms with Crippen molar-refractivity contribution in [2.45, 2.75) is 19.4 Å².